The number of benzene rings is 1. The zero-order valence-corrected chi connectivity index (χ0v) is 10.6. The molecule has 0 unspecified atom stereocenters. The molecular weight excluding hydrogens is 283 g/mol. The predicted octanol–water partition coefficient (Wildman–Crippen LogP) is 0.481. The number of hydrogen-bond donors (Lipinski definition) is 1. The molecule has 0 aromatic heterocycles. The standard InChI is InChI=1S/C11H14O6S.Na.H/c1-16-11(12)9-3-5-10(6-4-9)17-7-2-8-18(13,14)15;;/h3-6H,2,7-8H2,1H3,(H,13,14,15);;. The van der Waals surface area contributed by atoms with Gasteiger partial charge in [-0.3, -0.25) is 4.55 Å². The van der Waals surface area contributed by atoms with Gasteiger partial charge >= 0.3 is 35.5 Å². The molecule has 0 radical (unpaired) electrons. The second-order valence-electron chi connectivity index (χ2n) is 3.50. The molecule has 6 nitrogen and oxygen atoms in total. The minimum atomic E-state index is -3.94. The Morgan fingerprint density at radius 3 is 2.32 bits per heavy atom. The van der Waals surface area contributed by atoms with Crippen LogP contribution in [0.3, 0.4) is 0 Å². The van der Waals surface area contributed by atoms with Crippen LogP contribution in [0.2, 0.25) is 0 Å². The molecule has 0 aliphatic heterocycles. The molecule has 8 heteroatoms. The summed E-state index contributed by atoms with van der Waals surface area (Å²) in [5.41, 5.74) is 0.405. The molecule has 0 spiro atoms. The third-order valence-electron chi connectivity index (χ3n) is 2.09. The average Bonchev–Trinajstić information content (AvgIpc) is 2.33. The number of carbonyl (C=O) groups is 1. The van der Waals surface area contributed by atoms with Crippen molar-refractivity contribution in [2.75, 3.05) is 19.5 Å². The quantitative estimate of drug-likeness (QED) is 0.355. The van der Waals surface area contributed by atoms with Crippen molar-refractivity contribution in [3.8, 4) is 5.75 Å². The molecule has 1 aromatic carbocycles. The molecule has 1 rings (SSSR count). The molecule has 19 heavy (non-hydrogen) atoms. The van der Waals surface area contributed by atoms with Gasteiger partial charge in [0.25, 0.3) is 10.1 Å². The molecule has 1 aromatic rings. The van der Waals surface area contributed by atoms with E-state index in [-0.39, 0.29) is 48.3 Å². The van der Waals surface area contributed by atoms with Gasteiger partial charge in [0, 0.05) is 0 Å². The van der Waals surface area contributed by atoms with Gasteiger partial charge in [0.2, 0.25) is 0 Å². The average molecular weight is 298 g/mol. The first kappa shape index (κ1) is 18.4. The number of ether oxygens (including phenoxy) is 2. The second-order valence-corrected chi connectivity index (χ2v) is 5.08. The van der Waals surface area contributed by atoms with E-state index in [1.54, 1.807) is 24.3 Å². The number of rotatable bonds is 6. The van der Waals surface area contributed by atoms with E-state index in [1.165, 1.54) is 7.11 Å². The Morgan fingerprint density at radius 1 is 1.26 bits per heavy atom. The first-order chi connectivity index (χ1) is 8.42. The van der Waals surface area contributed by atoms with Crippen molar-refractivity contribution in [3.63, 3.8) is 0 Å². The van der Waals surface area contributed by atoms with Crippen molar-refractivity contribution in [1.82, 2.24) is 0 Å². The minimum absolute atomic E-state index is 0. The van der Waals surface area contributed by atoms with Gasteiger partial charge in [-0.15, -0.1) is 0 Å². The number of methoxy groups -OCH3 is 1. The topological polar surface area (TPSA) is 89.9 Å². The molecule has 0 saturated heterocycles. The van der Waals surface area contributed by atoms with Crippen molar-refractivity contribution in [2.45, 2.75) is 6.42 Å². The number of esters is 1. The summed E-state index contributed by atoms with van der Waals surface area (Å²) < 4.78 is 39.2. The van der Waals surface area contributed by atoms with E-state index < -0.39 is 16.1 Å². The number of hydrogen-bond acceptors (Lipinski definition) is 5. The van der Waals surface area contributed by atoms with E-state index in [2.05, 4.69) is 4.74 Å². The third kappa shape index (κ3) is 7.54. The predicted molar refractivity (Wildman–Crippen MR) is 71.5 cm³/mol. The van der Waals surface area contributed by atoms with Gasteiger partial charge in [0.1, 0.15) is 5.75 Å². The Hall–Kier alpha value is -0.600. The van der Waals surface area contributed by atoms with Crippen LogP contribution >= 0.6 is 0 Å². The van der Waals surface area contributed by atoms with Gasteiger partial charge in [0.15, 0.2) is 0 Å². The monoisotopic (exact) mass is 298 g/mol. The molecule has 0 aliphatic rings. The maximum atomic E-state index is 11.1. The molecule has 0 fully saturated rings. The molecule has 102 valence electrons. The zero-order valence-electron chi connectivity index (χ0n) is 9.83. The van der Waals surface area contributed by atoms with Crippen molar-refractivity contribution in [2.24, 2.45) is 0 Å². The molecule has 0 heterocycles. The fourth-order valence-electron chi connectivity index (χ4n) is 1.24. The molecule has 0 amide bonds. The van der Waals surface area contributed by atoms with E-state index >= 15 is 0 Å². The SMILES string of the molecule is COC(=O)c1ccc(OCCCS(=O)(=O)O)cc1.[NaH]. The van der Waals surface area contributed by atoms with Crippen LogP contribution in [0.4, 0.5) is 0 Å². The summed E-state index contributed by atoms with van der Waals surface area (Å²) in [5, 5.41) is 0. The molecular formula is C11H15NaO6S. The van der Waals surface area contributed by atoms with Gasteiger partial charge in [0.05, 0.1) is 25.0 Å². The van der Waals surface area contributed by atoms with Crippen LogP contribution in [0.5, 0.6) is 5.75 Å². The third-order valence-corrected chi connectivity index (χ3v) is 2.90. The Labute approximate surface area is 134 Å². The fraction of sp³-hybridized carbons (Fsp3) is 0.364. The van der Waals surface area contributed by atoms with Gasteiger partial charge in [-0.05, 0) is 30.7 Å². The summed E-state index contributed by atoms with van der Waals surface area (Å²) in [4.78, 5) is 11.1. The maximum absolute atomic E-state index is 11.1. The Balaban J connectivity index is 0.00000324. The molecule has 1 N–H and O–H groups in total. The zero-order chi connectivity index (χ0) is 13.6. The van der Waals surface area contributed by atoms with Crippen LogP contribution in [0.25, 0.3) is 0 Å². The van der Waals surface area contributed by atoms with Crippen LogP contribution in [0, 0.1) is 0 Å². The normalized spacial score (nSPS) is 10.4. The van der Waals surface area contributed by atoms with Gasteiger partial charge in [-0.1, -0.05) is 0 Å². The van der Waals surface area contributed by atoms with E-state index in [4.69, 9.17) is 9.29 Å². The summed E-state index contributed by atoms with van der Waals surface area (Å²) in [7, 11) is -2.65. The first-order valence-electron chi connectivity index (χ1n) is 5.19. The molecule has 0 saturated carbocycles. The first-order valence-corrected chi connectivity index (χ1v) is 6.79. The van der Waals surface area contributed by atoms with E-state index in [0.29, 0.717) is 11.3 Å². The van der Waals surface area contributed by atoms with E-state index in [0.717, 1.165) is 0 Å². The van der Waals surface area contributed by atoms with Gasteiger partial charge in [-0.25, -0.2) is 4.79 Å². The van der Waals surface area contributed by atoms with Crippen molar-refractivity contribution < 1.29 is 27.2 Å². The second kappa shape index (κ2) is 8.55. The van der Waals surface area contributed by atoms with E-state index in [9.17, 15) is 13.2 Å². The molecule has 0 bridgehead atoms. The van der Waals surface area contributed by atoms with Crippen LogP contribution in [-0.4, -0.2) is 68.0 Å². The van der Waals surface area contributed by atoms with Crippen molar-refractivity contribution >= 4 is 45.6 Å². The van der Waals surface area contributed by atoms with Crippen LogP contribution in [0.1, 0.15) is 16.8 Å². The Kier molecular flexibility index (Phi) is 8.28. The van der Waals surface area contributed by atoms with Gasteiger partial charge in [-0.2, -0.15) is 8.42 Å². The Morgan fingerprint density at radius 2 is 1.84 bits per heavy atom. The Bertz CT molecular complexity index is 496. The molecule has 0 aliphatic carbocycles. The number of carbonyl (C=O) groups excluding carboxylic acids is 1. The van der Waals surface area contributed by atoms with Gasteiger partial charge < -0.3 is 9.47 Å². The van der Waals surface area contributed by atoms with E-state index in [1.807, 2.05) is 0 Å². The van der Waals surface area contributed by atoms with Crippen LogP contribution in [-0.2, 0) is 14.9 Å². The van der Waals surface area contributed by atoms with Crippen LogP contribution < -0.4 is 4.74 Å². The van der Waals surface area contributed by atoms with Crippen LogP contribution in [0.15, 0.2) is 24.3 Å². The summed E-state index contributed by atoms with van der Waals surface area (Å²) in [6.07, 6.45) is 0.192. The fourth-order valence-corrected chi connectivity index (χ4v) is 1.72. The molecule has 0 atom stereocenters. The van der Waals surface area contributed by atoms with Crippen molar-refractivity contribution in [1.29, 1.82) is 0 Å². The summed E-state index contributed by atoms with van der Waals surface area (Å²) >= 11 is 0. The summed E-state index contributed by atoms with van der Waals surface area (Å²) in [6.45, 7) is 0.164. The van der Waals surface area contributed by atoms with Crippen molar-refractivity contribution in [3.05, 3.63) is 29.8 Å². The summed E-state index contributed by atoms with van der Waals surface area (Å²) in [5.74, 6) is -0.265. The summed E-state index contributed by atoms with van der Waals surface area (Å²) in [6, 6.07) is 6.26.